The molecule has 0 aromatic heterocycles. The lowest BCUT2D eigenvalue weighted by molar-refractivity contribution is -0.111. The maximum atomic E-state index is 10.5. The van der Waals surface area contributed by atoms with Crippen LogP contribution in [-0.2, 0) is 4.79 Å². The van der Waals surface area contributed by atoms with Crippen molar-refractivity contribution in [1.82, 2.24) is 0 Å². The SMILES string of the molecule is O=C1N=NN=C1C(=S)Cl. The lowest BCUT2D eigenvalue weighted by Gasteiger charge is -1.82. The molecule has 0 aromatic rings. The second kappa shape index (κ2) is 2.28. The van der Waals surface area contributed by atoms with Crippen LogP contribution in [0.4, 0.5) is 0 Å². The van der Waals surface area contributed by atoms with E-state index in [1.807, 2.05) is 0 Å². The van der Waals surface area contributed by atoms with E-state index in [1.165, 1.54) is 0 Å². The average molecular weight is 162 g/mol. The van der Waals surface area contributed by atoms with Gasteiger partial charge in [-0.2, -0.15) is 0 Å². The molecule has 9 heavy (non-hydrogen) atoms. The molecule has 0 atom stereocenters. The Morgan fingerprint density at radius 1 is 1.67 bits per heavy atom. The number of rotatable bonds is 1. The molecule has 0 saturated heterocycles. The number of halogens is 1. The normalized spacial score (nSPS) is 16.1. The molecule has 0 fully saturated rings. The molecule has 0 spiro atoms. The van der Waals surface area contributed by atoms with Crippen molar-refractivity contribution in [3.8, 4) is 0 Å². The number of hydrogen-bond acceptors (Lipinski definition) is 4. The molecular formula is C3ClN3OS. The highest BCUT2D eigenvalue weighted by atomic mass is 35.5. The molecule has 0 unspecified atom stereocenters. The van der Waals surface area contributed by atoms with Crippen LogP contribution in [0.25, 0.3) is 0 Å². The minimum atomic E-state index is -0.574. The minimum absolute atomic E-state index is 0.0494. The number of amides is 1. The molecule has 1 aliphatic rings. The predicted molar refractivity (Wildman–Crippen MR) is 35.7 cm³/mol. The van der Waals surface area contributed by atoms with E-state index in [4.69, 9.17) is 11.6 Å². The first-order valence-corrected chi connectivity index (χ1v) is 2.73. The summed E-state index contributed by atoms with van der Waals surface area (Å²) in [6, 6.07) is 0. The van der Waals surface area contributed by atoms with Gasteiger partial charge in [-0.25, -0.2) is 0 Å². The Balaban J connectivity index is 2.88. The van der Waals surface area contributed by atoms with Crippen LogP contribution >= 0.6 is 23.8 Å². The van der Waals surface area contributed by atoms with E-state index in [1.54, 1.807) is 0 Å². The van der Waals surface area contributed by atoms with Crippen LogP contribution in [0.5, 0.6) is 0 Å². The number of carbonyl (C=O) groups excluding carboxylic acids is 1. The standard InChI is InChI=1S/C3ClN3OS/c4-2(9)1-3(8)6-7-5-1. The van der Waals surface area contributed by atoms with Gasteiger partial charge in [0.2, 0.25) is 0 Å². The monoisotopic (exact) mass is 161 g/mol. The molecule has 0 N–H and O–H groups in total. The first kappa shape index (κ1) is 6.44. The van der Waals surface area contributed by atoms with Gasteiger partial charge in [-0.3, -0.25) is 4.79 Å². The van der Waals surface area contributed by atoms with Crippen molar-refractivity contribution >= 4 is 39.8 Å². The Morgan fingerprint density at radius 3 is 2.56 bits per heavy atom. The van der Waals surface area contributed by atoms with E-state index in [-0.39, 0.29) is 10.0 Å². The van der Waals surface area contributed by atoms with Gasteiger partial charge < -0.3 is 0 Å². The molecule has 4 nitrogen and oxygen atoms in total. The quantitative estimate of drug-likeness (QED) is 0.424. The smallest absolute Gasteiger partial charge is 0.263 e. The van der Waals surface area contributed by atoms with Crippen molar-refractivity contribution in [2.45, 2.75) is 0 Å². The van der Waals surface area contributed by atoms with E-state index >= 15 is 0 Å². The van der Waals surface area contributed by atoms with E-state index in [9.17, 15) is 4.79 Å². The fourth-order valence-electron chi connectivity index (χ4n) is 0.321. The molecule has 46 valence electrons. The number of carbonyl (C=O) groups is 1. The fraction of sp³-hybridized carbons (Fsp3) is 0. The highest BCUT2D eigenvalue weighted by Gasteiger charge is 2.18. The molecule has 1 rings (SSSR count). The Morgan fingerprint density at radius 2 is 2.33 bits per heavy atom. The van der Waals surface area contributed by atoms with Gasteiger partial charge in [0.1, 0.15) is 4.32 Å². The van der Waals surface area contributed by atoms with Gasteiger partial charge in [0, 0.05) is 0 Å². The minimum Gasteiger partial charge on any atom is -0.263 e. The molecular weight excluding hydrogens is 162 g/mol. The summed E-state index contributed by atoms with van der Waals surface area (Å²) in [5.41, 5.74) is -0.0494. The lowest BCUT2D eigenvalue weighted by atomic mass is 10.4. The molecule has 0 saturated carbocycles. The zero-order valence-corrected chi connectivity index (χ0v) is 5.61. The summed E-state index contributed by atoms with van der Waals surface area (Å²) in [7, 11) is 0. The maximum absolute atomic E-state index is 10.5. The van der Waals surface area contributed by atoms with E-state index in [0.717, 1.165) is 0 Å². The molecule has 0 bridgehead atoms. The number of hydrogen-bond donors (Lipinski definition) is 0. The Kier molecular flexibility index (Phi) is 1.63. The summed E-state index contributed by atoms with van der Waals surface area (Å²) in [6.45, 7) is 0. The molecule has 0 radical (unpaired) electrons. The van der Waals surface area contributed by atoms with E-state index < -0.39 is 5.91 Å². The summed E-state index contributed by atoms with van der Waals surface area (Å²) in [5, 5.41) is 9.38. The third-order valence-corrected chi connectivity index (χ3v) is 1.04. The summed E-state index contributed by atoms with van der Waals surface area (Å²) in [6.07, 6.45) is 0. The summed E-state index contributed by atoms with van der Waals surface area (Å²) in [4.78, 5) is 10.5. The highest BCUT2D eigenvalue weighted by molar-refractivity contribution is 7.85. The molecule has 1 aliphatic heterocycles. The van der Waals surface area contributed by atoms with Crippen molar-refractivity contribution in [2.75, 3.05) is 0 Å². The van der Waals surface area contributed by atoms with Crippen molar-refractivity contribution in [3.63, 3.8) is 0 Å². The van der Waals surface area contributed by atoms with Crippen LogP contribution < -0.4 is 0 Å². The first-order chi connectivity index (χ1) is 4.22. The Bertz CT molecular complexity index is 233. The molecule has 1 amide bonds. The van der Waals surface area contributed by atoms with Gasteiger partial charge in [0.05, 0.1) is 0 Å². The maximum Gasteiger partial charge on any atom is 0.319 e. The van der Waals surface area contributed by atoms with Crippen molar-refractivity contribution in [2.24, 2.45) is 15.4 Å². The van der Waals surface area contributed by atoms with Crippen LogP contribution in [0.1, 0.15) is 0 Å². The third kappa shape index (κ3) is 1.17. The van der Waals surface area contributed by atoms with Crippen molar-refractivity contribution < 1.29 is 4.79 Å². The Hall–Kier alpha value is -0.680. The molecule has 6 heteroatoms. The second-order valence-electron chi connectivity index (χ2n) is 1.22. The zero-order chi connectivity index (χ0) is 6.85. The third-order valence-electron chi connectivity index (χ3n) is 0.669. The number of thiocarbonyl (C=S) groups is 1. The van der Waals surface area contributed by atoms with Gasteiger partial charge >= 0.3 is 5.91 Å². The Labute approximate surface area is 60.6 Å². The summed E-state index contributed by atoms with van der Waals surface area (Å²) >= 11 is 9.66. The predicted octanol–water partition coefficient (Wildman–Crippen LogP) is 0.901. The fourth-order valence-corrected chi connectivity index (χ4v) is 0.568. The van der Waals surface area contributed by atoms with E-state index in [0.29, 0.717) is 0 Å². The second-order valence-corrected chi connectivity index (χ2v) is 2.23. The van der Waals surface area contributed by atoms with Crippen LogP contribution in [0.15, 0.2) is 15.4 Å². The first-order valence-electron chi connectivity index (χ1n) is 1.94. The van der Waals surface area contributed by atoms with Gasteiger partial charge in [0.15, 0.2) is 5.71 Å². The lowest BCUT2D eigenvalue weighted by Crippen LogP contribution is -2.12. The van der Waals surface area contributed by atoms with Crippen LogP contribution in [0.2, 0.25) is 0 Å². The van der Waals surface area contributed by atoms with Crippen LogP contribution in [0, 0.1) is 0 Å². The van der Waals surface area contributed by atoms with Gasteiger partial charge in [-0.15, -0.1) is 5.10 Å². The zero-order valence-electron chi connectivity index (χ0n) is 4.04. The molecule has 0 aromatic carbocycles. The number of nitrogens with zero attached hydrogens (tertiary/aromatic N) is 3. The average Bonchev–Trinajstić information content (AvgIpc) is 2.13. The van der Waals surface area contributed by atoms with Gasteiger partial charge in [0.25, 0.3) is 0 Å². The summed E-state index contributed by atoms with van der Waals surface area (Å²) in [5.74, 6) is -0.574. The van der Waals surface area contributed by atoms with Crippen molar-refractivity contribution in [3.05, 3.63) is 0 Å². The van der Waals surface area contributed by atoms with Gasteiger partial charge in [-0.1, -0.05) is 28.9 Å². The van der Waals surface area contributed by atoms with Crippen LogP contribution in [0.3, 0.4) is 0 Å². The van der Waals surface area contributed by atoms with Gasteiger partial charge in [-0.05, 0) is 5.22 Å². The topological polar surface area (TPSA) is 54.1 Å². The van der Waals surface area contributed by atoms with Crippen LogP contribution in [-0.4, -0.2) is 15.9 Å². The largest absolute Gasteiger partial charge is 0.319 e. The molecule has 1 heterocycles. The summed E-state index contributed by atoms with van der Waals surface area (Å²) < 4.78 is -0.0926. The molecule has 0 aliphatic carbocycles. The van der Waals surface area contributed by atoms with Crippen molar-refractivity contribution in [1.29, 1.82) is 0 Å². The highest BCUT2D eigenvalue weighted by Crippen LogP contribution is 2.01. The van der Waals surface area contributed by atoms with E-state index in [2.05, 4.69) is 27.7 Å².